The molecular formula is C15H22BrNS. The Kier molecular flexibility index (Phi) is 3.84. The second-order valence-corrected chi connectivity index (χ2v) is 7.92. The molecule has 0 radical (unpaired) electrons. The van der Waals surface area contributed by atoms with Crippen LogP contribution in [0.3, 0.4) is 0 Å². The molecule has 0 spiro atoms. The highest BCUT2D eigenvalue weighted by atomic mass is 79.9. The van der Waals surface area contributed by atoms with Crippen molar-refractivity contribution in [2.24, 2.45) is 17.8 Å². The molecule has 1 N–H and O–H groups in total. The highest BCUT2D eigenvalue weighted by Crippen LogP contribution is 2.61. The number of fused-ring (bicyclic) bond motifs is 1. The first-order valence-corrected chi connectivity index (χ1v) is 8.82. The van der Waals surface area contributed by atoms with Crippen molar-refractivity contribution < 1.29 is 0 Å². The molecule has 1 heterocycles. The molecule has 0 aliphatic heterocycles. The average molecular weight is 328 g/mol. The second-order valence-electron chi connectivity index (χ2n) is 5.78. The van der Waals surface area contributed by atoms with Gasteiger partial charge in [-0.3, -0.25) is 0 Å². The third-order valence-corrected chi connectivity index (χ3v) is 6.93. The van der Waals surface area contributed by atoms with Crippen molar-refractivity contribution in [1.82, 2.24) is 5.32 Å². The molecule has 1 aromatic rings. The summed E-state index contributed by atoms with van der Waals surface area (Å²) in [4.78, 5) is 2.96. The summed E-state index contributed by atoms with van der Waals surface area (Å²) >= 11 is 5.63. The third-order valence-electron chi connectivity index (χ3n) is 4.71. The Morgan fingerprint density at radius 3 is 2.56 bits per heavy atom. The van der Waals surface area contributed by atoms with Crippen LogP contribution in [0.2, 0.25) is 0 Å². The average Bonchev–Trinajstić information content (AvgIpc) is 2.99. The standard InChI is InChI=1S/C15H22BrNS/c1-3-17-15(13-8-12(16)9(2)18-13)14-10-6-4-5-7-11(10)14/h8,10-11,14-15,17H,3-7H2,1-2H3. The van der Waals surface area contributed by atoms with Crippen molar-refractivity contribution >= 4 is 27.3 Å². The van der Waals surface area contributed by atoms with Gasteiger partial charge in [-0.05, 0) is 66.1 Å². The number of hydrogen-bond donors (Lipinski definition) is 1. The van der Waals surface area contributed by atoms with E-state index in [-0.39, 0.29) is 0 Å². The lowest BCUT2D eigenvalue weighted by Crippen LogP contribution is -2.23. The lowest BCUT2D eigenvalue weighted by atomic mass is 10.0. The zero-order chi connectivity index (χ0) is 12.7. The van der Waals surface area contributed by atoms with E-state index in [9.17, 15) is 0 Å². The summed E-state index contributed by atoms with van der Waals surface area (Å²) in [5.74, 6) is 2.95. The first kappa shape index (κ1) is 13.1. The summed E-state index contributed by atoms with van der Waals surface area (Å²) in [6.07, 6.45) is 5.87. The maximum Gasteiger partial charge on any atom is 0.0449 e. The summed E-state index contributed by atoms with van der Waals surface area (Å²) in [6, 6.07) is 2.95. The lowest BCUT2D eigenvalue weighted by Gasteiger charge is -2.16. The minimum Gasteiger partial charge on any atom is -0.309 e. The third kappa shape index (κ3) is 2.30. The predicted octanol–water partition coefficient (Wildman–Crippen LogP) is 4.91. The Labute approximate surface area is 122 Å². The van der Waals surface area contributed by atoms with E-state index >= 15 is 0 Å². The van der Waals surface area contributed by atoms with E-state index in [0.29, 0.717) is 6.04 Å². The van der Waals surface area contributed by atoms with Crippen LogP contribution in [0.4, 0.5) is 0 Å². The quantitative estimate of drug-likeness (QED) is 0.828. The van der Waals surface area contributed by atoms with Crippen LogP contribution in [0.15, 0.2) is 10.5 Å². The number of rotatable bonds is 4. The van der Waals surface area contributed by atoms with Gasteiger partial charge in [0.15, 0.2) is 0 Å². The maximum absolute atomic E-state index is 3.75. The monoisotopic (exact) mass is 327 g/mol. The fraction of sp³-hybridized carbons (Fsp3) is 0.733. The summed E-state index contributed by atoms with van der Waals surface area (Å²) in [6.45, 7) is 5.52. The van der Waals surface area contributed by atoms with Gasteiger partial charge in [0, 0.05) is 20.3 Å². The first-order chi connectivity index (χ1) is 8.72. The van der Waals surface area contributed by atoms with Gasteiger partial charge in [0.25, 0.3) is 0 Å². The first-order valence-electron chi connectivity index (χ1n) is 7.21. The van der Waals surface area contributed by atoms with Crippen LogP contribution in [0.5, 0.6) is 0 Å². The number of aryl methyl sites for hydroxylation is 1. The van der Waals surface area contributed by atoms with E-state index in [1.165, 1.54) is 35.0 Å². The topological polar surface area (TPSA) is 12.0 Å². The van der Waals surface area contributed by atoms with Crippen molar-refractivity contribution in [3.05, 3.63) is 20.3 Å². The number of hydrogen-bond acceptors (Lipinski definition) is 2. The molecule has 2 saturated carbocycles. The molecule has 2 fully saturated rings. The zero-order valence-corrected chi connectivity index (χ0v) is 13.6. The lowest BCUT2D eigenvalue weighted by molar-refractivity contribution is 0.463. The van der Waals surface area contributed by atoms with Crippen LogP contribution in [0, 0.1) is 24.7 Å². The van der Waals surface area contributed by atoms with Crippen LogP contribution in [0.1, 0.15) is 48.4 Å². The molecule has 100 valence electrons. The molecular weight excluding hydrogens is 306 g/mol. The molecule has 3 atom stereocenters. The minimum atomic E-state index is 0.609. The normalized spacial score (nSPS) is 32.1. The number of thiophene rings is 1. The van der Waals surface area contributed by atoms with Gasteiger partial charge in [-0.15, -0.1) is 11.3 Å². The summed E-state index contributed by atoms with van der Waals surface area (Å²) in [5.41, 5.74) is 0. The minimum absolute atomic E-state index is 0.609. The molecule has 3 heteroatoms. The van der Waals surface area contributed by atoms with Crippen LogP contribution in [0.25, 0.3) is 0 Å². The van der Waals surface area contributed by atoms with Crippen molar-refractivity contribution in [2.45, 2.75) is 45.6 Å². The molecule has 2 aliphatic carbocycles. The van der Waals surface area contributed by atoms with Crippen LogP contribution < -0.4 is 5.32 Å². The van der Waals surface area contributed by atoms with E-state index in [1.807, 2.05) is 11.3 Å². The van der Waals surface area contributed by atoms with E-state index in [0.717, 1.165) is 24.3 Å². The molecule has 3 unspecified atom stereocenters. The van der Waals surface area contributed by atoms with E-state index < -0.39 is 0 Å². The SMILES string of the molecule is CCNC(c1cc(Br)c(C)s1)C1C2CCCCC21. The second kappa shape index (κ2) is 5.26. The Morgan fingerprint density at radius 2 is 2.06 bits per heavy atom. The molecule has 1 aromatic heterocycles. The van der Waals surface area contributed by atoms with Crippen molar-refractivity contribution in [3.63, 3.8) is 0 Å². The Hall–Kier alpha value is 0.140. The van der Waals surface area contributed by atoms with Crippen molar-refractivity contribution in [2.75, 3.05) is 6.54 Å². The van der Waals surface area contributed by atoms with Gasteiger partial charge in [0.2, 0.25) is 0 Å². The van der Waals surface area contributed by atoms with Crippen LogP contribution in [-0.2, 0) is 0 Å². The van der Waals surface area contributed by atoms with Gasteiger partial charge < -0.3 is 5.32 Å². The Morgan fingerprint density at radius 1 is 1.39 bits per heavy atom. The number of halogens is 1. The van der Waals surface area contributed by atoms with Gasteiger partial charge >= 0.3 is 0 Å². The molecule has 3 rings (SSSR count). The van der Waals surface area contributed by atoms with Crippen LogP contribution in [-0.4, -0.2) is 6.54 Å². The van der Waals surface area contributed by atoms with E-state index in [1.54, 1.807) is 4.88 Å². The maximum atomic E-state index is 3.75. The molecule has 2 aliphatic rings. The molecule has 0 bridgehead atoms. The van der Waals surface area contributed by atoms with E-state index in [2.05, 4.69) is 41.2 Å². The van der Waals surface area contributed by atoms with Crippen molar-refractivity contribution in [1.29, 1.82) is 0 Å². The summed E-state index contributed by atoms with van der Waals surface area (Å²) in [7, 11) is 0. The Bertz CT molecular complexity index is 397. The van der Waals surface area contributed by atoms with Gasteiger partial charge in [-0.25, -0.2) is 0 Å². The van der Waals surface area contributed by atoms with Gasteiger partial charge in [0.1, 0.15) is 0 Å². The fourth-order valence-electron chi connectivity index (χ4n) is 3.82. The summed E-state index contributed by atoms with van der Waals surface area (Å²) in [5, 5.41) is 3.75. The predicted molar refractivity (Wildman–Crippen MR) is 82.1 cm³/mol. The van der Waals surface area contributed by atoms with Gasteiger partial charge in [0.05, 0.1) is 0 Å². The zero-order valence-electron chi connectivity index (χ0n) is 11.2. The van der Waals surface area contributed by atoms with Crippen molar-refractivity contribution in [3.8, 4) is 0 Å². The largest absolute Gasteiger partial charge is 0.309 e. The van der Waals surface area contributed by atoms with Crippen LogP contribution >= 0.6 is 27.3 Å². The fourth-order valence-corrected chi connectivity index (χ4v) is 5.52. The molecule has 0 amide bonds. The molecule has 0 aromatic carbocycles. The summed E-state index contributed by atoms with van der Waals surface area (Å²) < 4.78 is 1.29. The van der Waals surface area contributed by atoms with Gasteiger partial charge in [-0.2, -0.15) is 0 Å². The smallest absolute Gasteiger partial charge is 0.0449 e. The molecule has 1 nitrogen and oxygen atoms in total. The number of nitrogens with one attached hydrogen (secondary N) is 1. The molecule has 18 heavy (non-hydrogen) atoms. The molecule has 0 saturated heterocycles. The van der Waals surface area contributed by atoms with Gasteiger partial charge in [-0.1, -0.05) is 19.8 Å². The highest BCUT2D eigenvalue weighted by Gasteiger charge is 2.54. The highest BCUT2D eigenvalue weighted by molar-refractivity contribution is 9.10. The van der Waals surface area contributed by atoms with E-state index in [4.69, 9.17) is 0 Å². The Balaban J connectivity index is 1.80.